The standard InChI is InChI=1S/C6H8Cl2Si/c7-6(8,9)5-3-1-2-4-5/h1-5H,9H3. The minimum absolute atomic E-state index is 0.243. The van der Waals surface area contributed by atoms with E-state index in [1.807, 2.05) is 24.3 Å². The van der Waals surface area contributed by atoms with Gasteiger partial charge in [-0.25, -0.2) is 0 Å². The second-order valence-corrected chi connectivity index (χ2v) is 6.86. The first-order chi connectivity index (χ1) is 4.11. The fourth-order valence-corrected chi connectivity index (χ4v) is 1.45. The Hall–Kier alpha value is 0.277. The summed E-state index contributed by atoms with van der Waals surface area (Å²) < 4.78 is -0.510. The highest BCUT2D eigenvalue weighted by atomic mass is 35.5. The summed E-state index contributed by atoms with van der Waals surface area (Å²) in [6.45, 7) is 0. The average Bonchev–Trinajstić information content (AvgIpc) is 2.08. The van der Waals surface area contributed by atoms with Crippen LogP contribution >= 0.6 is 23.2 Å². The molecule has 0 amide bonds. The molecule has 1 aliphatic carbocycles. The van der Waals surface area contributed by atoms with Gasteiger partial charge in [0.2, 0.25) is 0 Å². The Balaban J connectivity index is 2.64. The third-order valence-corrected chi connectivity index (χ3v) is 2.50. The summed E-state index contributed by atoms with van der Waals surface area (Å²) in [7, 11) is 0.799. The highest BCUT2D eigenvalue weighted by Crippen LogP contribution is 2.30. The van der Waals surface area contributed by atoms with Gasteiger partial charge in [0.1, 0.15) is 3.96 Å². The summed E-state index contributed by atoms with van der Waals surface area (Å²) in [6, 6.07) is 0. The second-order valence-electron chi connectivity index (χ2n) is 2.25. The molecule has 3 heteroatoms. The van der Waals surface area contributed by atoms with Crippen LogP contribution < -0.4 is 0 Å². The molecule has 1 aliphatic rings. The molecule has 0 saturated carbocycles. The molecule has 0 saturated heterocycles. The van der Waals surface area contributed by atoms with Crippen LogP contribution in [0.25, 0.3) is 0 Å². The van der Waals surface area contributed by atoms with Crippen LogP contribution in [0.2, 0.25) is 0 Å². The van der Waals surface area contributed by atoms with Crippen LogP contribution in [-0.4, -0.2) is 14.2 Å². The minimum Gasteiger partial charge on any atom is -0.106 e. The molecule has 0 atom stereocenters. The van der Waals surface area contributed by atoms with Crippen LogP contribution in [0.5, 0.6) is 0 Å². The number of alkyl halides is 2. The van der Waals surface area contributed by atoms with Crippen LogP contribution in [0, 0.1) is 5.92 Å². The summed E-state index contributed by atoms with van der Waals surface area (Å²) in [5.41, 5.74) is 0. The summed E-state index contributed by atoms with van der Waals surface area (Å²) in [5.74, 6) is 0.243. The first-order valence-electron chi connectivity index (χ1n) is 2.83. The Bertz CT molecular complexity index is 143. The fourth-order valence-electron chi connectivity index (χ4n) is 0.770. The fraction of sp³-hybridized carbons (Fsp3) is 0.333. The number of hydrogen-bond donors (Lipinski definition) is 0. The highest BCUT2D eigenvalue weighted by Gasteiger charge is 2.25. The minimum atomic E-state index is -0.510. The first-order valence-corrected chi connectivity index (χ1v) is 4.59. The second kappa shape index (κ2) is 2.49. The van der Waals surface area contributed by atoms with Gasteiger partial charge in [0.05, 0.1) is 0 Å². The molecule has 9 heavy (non-hydrogen) atoms. The van der Waals surface area contributed by atoms with Gasteiger partial charge in [-0.3, -0.25) is 0 Å². The van der Waals surface area contributed by atoms with Crippen LogP contribution in [0.15, 0.2) is 24.3 Å². The Labute approximate surface area is 68.0 Å². The van der Waals surface area contributed by atoms with Crippen molar-refractivity contribution in [2.45, 2.75) is 3.96 Å². The topological polar surface area (TPSA) is 0 Å². The summed E-state index contributed by atoms with van der Waals surface area (Å²) in [4.78, 5) is 0. The lowest BCUT2D eigenvalue weighted by molar-refractivity contribution is 0.855. The summed E-state index contributed by atoms with van der Waals surface area (Å²) in [5, 5.41) is 0. The lowest BCUT2D eigenvalue weighted by Crippen LogP contribution is -2.21. The van der Waals surface area contributed by atoms with Crippen molar-refractivity contribution in [3.63, 3.8) is 0 Å². The molecule has 0 bridgehead atoms. The van der Waals surface area contributed by atoms with Crippen molar-refractivity contribution in [3.05, 3.63) is 24.3 Å². The molecule has 0 aromatic rings. The van der Waals surface area contributed by atoms with E-state index in [9.17, 15) is 0 Å². The Morgan fingerprint density at radius 2 is 1.67 bits per heavy atom. The van der Waals surface area contributed by atoms with E-state index < -0.39 is 3.96 Å². The Kier molecular flexibility index (Phi) is 2.04. The van der Waals surface area contributed by atoms with Crippen molar-refractivity contribution >= 4 is 33.4 Å². The third kappa shape index (κ3) is 1.85. The van der Waals surface area contributed by atoms with Crippen molar-refractivity contribution < 1.29 is 0 Å². The maximum atomic E-state index is 5.86. The number of halogens is 2. The predicted molar refractivity (Wildman–Crippen MR) is 46.1 cm³/mol. The molecule has 0 spiro atoms. The van der Waals surface area contributed by atoms with Crippen molar-refractivity contribution in [1.29, 1.82) is 0 Å². The van der Waals surface area contributed by atoms with E-state index >= 15 is 0 Å². The molecule has 0 N–H and O–H groups in total. The van der Waals surface area contributed by atoms with E-state index in [2.05, 4.69) is 0 Å². The van der Waals surface area contributed by atoms with Crippen molar-refractivity contribution in [2.75, 3.05) is 0 Å². The normalized spacial score (nSPS) is 19.8. The quantitative estimate of drug-likeness (QED) is 0.419. The molecule has 0 heterocycles. The van der Waals surface area contributed by atoms with Crippen molar-refractivity contribution in [2.24, 2.45) is 5.92 Å². The van der Waals surface area contributed by atoms with Gasteiger partial charge in [-0.05, 0) is 0 Å². The van der Waals surface area contributed by atoms with Gasteiger partial charge < -0.3 is 0 Å². The highest BCUT2D eigenvalue weighted by molar-refractivity contribution is 6.65. The maximum absolute atomic E-state index is 5.86. The molecular weight excluding hydrogens is 171 g/mol. The molecule has 0 nitrogen and oxygen atoms in total. The van der Waals surface area contributed by atoms with Crippen LogP contribution in [0.4, 0.5) is 0 Å². The summed E-state index contributed by atoms with van der Waals surface area (Å²) in [6.07, 6.45) is 7.99. The van der Waals surface area contributed by atoms with E-state index in [-0.39, 0.29) is 5.92 Å². The lowest BCUT2D eigenvalue weighted by Gasteiger charge is -2.17. The molecule has 0 unspecified atom stereocenters. The van der Waals surface area contributed by atoms with Gasteiger partial charge in [0.15, 0.2) is 0 Å². The van der Waals surface area contributed by atoms with Gasteiger partial charge in [-0.2, -0.15) is 0 Å². The molecule has 0 radical (unpaired) electrons. The lowest BCUT2D eigenvalue weighted by atomic mass is 10.2. The molecule has 0 aromatic heterocycles. The zero-order valence-corrected chi connectivity index (χ0v) is 8.65. The SMILES string of the molecule is [SiH3]C(Cl)(Cl)C1C=CC=C1. The molecule has 0 aromatic carbocycles. The number of allylic oxidation sites excluding steroid dienone is 4. The first kappa shape index (κ1) is 7.38. The van der Waals surface area contributed by atoms with Gasteiger partial charge in [-0.1, -0.05) is 24.3 Å². The van der Waals surface area contributed by atoms with E-state index in [4.69, 9.17) is 23.2 Å². The smallest absolute Gasteiger partial charge is 0.106 e. The zero-order chi connectivity index (χ0) is 6.91. The Morgan fingerprint density at radius 3 is 1.89 bits per heavy atom. The number of hydrogen-bond acceptors (Lipinski definition) is 0. The zero-order valence-electron chi connectivity index (χ0n) is 5.14. The summed E-state index contributed by atoms with van der Waals surface area (Å²) >= 11 is 11.7. The molecule has 1 rings (SSSR count). The Morgan fingerprint density at radius 1 is 1.22 bits per heavy atom. The van der Waals surface area contributed by atoms with Crippen LogP contribution in [0.3, 0.4) is 0 Å². The van der Waals surface area contributed by atoms with Crippen molar-refractivity contribution in [3.8, 4) is 0 Å². The molecule has 50 valence electrons. The van der Waals surface area contributed by atoms with E-state index in [0.29, 0.717) is 0 Å². The van der Waals surface area contributed by atoms with Gasteiger partial charge in [0.25, 0.3) is 0 Å². The monoisotopic (exact) mass is 178 g/mol. The van der Waals surface area contributed by atoms with Gasteiger partial charge in [-0.15, -0.1) is 23.2 Å². The average molecular weight is 179 g/mol. The predicted octanol–water partition coefficient (Wildman–Crippen LogP) is 1.23. The molecule has 0 fully saturated rings. The number of rotatable bonds is 1. The van der Waals surface area contributed by atoms with Crippen molar-refractivity contribution in [1.82, 2.24) is 0 Å². The van der Waals surface area contributed by atoms with Crippen LogP contribution in [0.1, 0.15) is 0 Å². The third-order valence-electron chi connectivity index (χ3n) is 1.33. The van der Waals surface area contributed by atoms with Gasteiger partial charge in [0, 0.05) is 16.2 Å². The largest absolute Gasteiger partial charge is 0.107 e. The van der Waals surface area contributed by atoms with Gasteiger partial charge >= 0.3 is 0 Å². The van der Waals surface area contributed by atoms with Crippen LogP contribution in [-0.2, 0) is 0 Å². The van der Waals surface area contributed by atoms with E-state index in [0.717, 1.165) is 10.2 Å². The maximum Gasteiger partial charge on any atom is 0.107 e. The van der Waals surface area contributed by atoms with E-state index in [1.165, 1.54) is 0 Å². The molecular formula is C6H8Cl2Si. The molecule has 0 aliphatic heterocycles. The van der Waals surface area contributed by atoms with E-state index in [1.54, 1.807) is 0 Å².